The molecule has 3 heterocycles. The molecule has 0 radical (unpaired) electrons. The molecular weight excluding hydrogens is 454 g/mol. The van der Waals surface area contributed by atoms with Gasteiger partial charge in [-0.1, -0.05) is 29.8 Å². The smallest absolute Gasteiger partial charge is 0.337 e. The molecule has 1 fully saturated rings. The zero-order chi connectivity index (χ0) is 23.1. The molecule has 0 aliphatic carbocycles. The molecule has 0 saturated carbocycles. The Morgan fingerprint density at radius 2 is 1.97 bits per heavy atom. The lowest BCUT2D eigenvalue weighted by atomic mass is 10.2. The van der Waals surface area contributed by atoms with Crippen LogP contribution in [0.15, 0.2) is 58.4 Å². The third-order valence-corrected chi connectivity index (χ3v) is 6.13. The number of benzene rings is 2. The van der Waals surface area contributed by atoms with Gasteiger partial charge < -0.3 is 9.30 Å². The highest BCUT2D eigenvalue weighted by molar-refractivity contribution is 6.31. The van der Waals surface area contributed by atoms with Gasteiger partial charge in [-0.25, -0.2) is 23.1 Å². The van der Waals surface area contributed by atoms with E-state index in [1.54, 1.807) is 16.7 Å². The second-order valence-corrected chi connectivity index (χ2v) is 8.31. The van der Waals surface area contributed by atoms with Crippen molar-refractivity contribution in [1.82, 2.24) is 18.7 Å². The lowest BCUT2D eigenvalue weighted by Gasteiger charge is -2.16. The van der Waals surface area contributed by atoms with Crippen LogP contribution in [0.5, 0.6) is 0 Å². The van der Waals surface area contributed by atoms with Gasteiger partial charge in [-0.2, -0.15) is 0 Å². The first kappa shape index (κ1) is 21.5. The van der Waals surface area contributed by atoms with Gasteiger partial charge in [0.1, 0.15) is 11.6 Å². The topological polar surface area (TPSA) is 71.0 Å². The van der Waals surface area contributed by atoms with Crippen LogP contribution >= 0.6 is 11.6 Å². The minimum absolute atomic E-state index is 0.0215. The van der Waals surface area contributed by atoms with Crippen LogP contribution in [0.1, 0.15) is 18.4 Å². The Hall–Kier alpha value is -3.30. The summed E-state index contributed by atoms with van der Waals surface area (Å²) in [5, 5.41) is 0.511. The lowest BCUT2D eigenvalue weighted by Crippen LogP contribution is -2.42. The highest BCUT2D eigenvalue weighted by atomic mass is 35.5. The van der Waals surface area contributed by atoms with Crippen LogP contribution in [0.4, 0.5) is 8.78 Å². The van der Waals surface area contributed by atoms with Crippen LogP contribution in [-0.4, -0.2) is 31.4 Å². The molecule has 1 aliphatic rings. The summed E-state index contributed by atoms with van der Waals surface area (Å²) in [7, 11) is 0. The fourth-order valence-corrected chi connectivity index (χ4v) is 4.34. The highest BCUT2D eigenvalue weighted by Gasteiger charge is 2.24. The normalized spacial score (nSPS) is 16.0. The molecule has 0 bridgehead atoms. The van der Waals surface area contributed by atoms with E-state index in [9.17, 15) is 18.4 Å². The molecule has 0 N–H and O–H groups in total. The minimum Gasteiger partial charge on any atom is -0.376 e. The Balaban J connectivity index is 1.76. The predicted octanol–water partition coefficient (Wildman–Crippen LogP) is 3.51. The van der Waals surface area contributed by atoms with E-state index in [1.807, 2.05) is 12.1 Å². The van der Waals surface area contributed by atoms with Crippen LogP contribution in [-0.2, 0) is 17.8 Å². The third-order valence-electron chi connectivity index (χ3n) is 5.76. The van der Waals surface area contributed by atoms with Crippen molar-refractivity contribution < 1.29 is 13.5 Å². The number of nitrogens with zero attached hydrogens (tertiary/aromatic N) is 4. The quantitative estimate of drug-likeness (QED) is 0.445. The summed E-state index contributed by atoms with van der Waals surface area (Å²) in [6.45, 7) is 0.788. The predicted molar refractivity (Wildman–Crippen MR) is 119 cm³/mol. The number of aromatic nitrogens is 4. The van der Waals surface area contributed by atoms with E-state index in [0.717, 1.165) is 33.3 Å². The molecule has 0 spiro atoms. The van der Waals surface area contributed by atoms with Gasteiger partial charge in [0.15, 0.2) is 11.2 Å². The summed E-state index contributed by atoms with van der Waals surface area (Å²) < 4.78 is 37.5. The van der Waals surface area contributed by atoms with Gasteiger partial charge in [0.25, 0.3) is 5.56 Å². The van der Waals surface area contributed by atoms with E-state index in [-0.39, 0.29) is 36.0 Å². The number of fused-ring (bicyclic) bond motifs is 1. The number of halogens is 3. The molecule has 1 atom stereocenters. The highest BCUT2D eigenvalue weighted by Crippen LogP contribution is 2.21. The van der Waals surface area contributed by atoms with Crippen molar-refractivity contribution in [3.63, 3.8) is 0 Å². The van der Waals surface area contributed by atoms with Crippen molar-refractivity contribution >= 4 is 22.8 Å². The van der Waals surface area contributed by atoms with E-state index in [4.69, 9.17) is 16.3 Å². The number of imidazole rings is 1. The van der Waals surface area contributed by atoms with E-state index in [0.29, 0.717) is 24.1 Å². The molecule has 1 saturated heterocycles. The largest absolute Gasteiger partial charge is 0.376 e. The number of hydrogen-bond acceptors (Lipinski definition) is 4. The minimum atomic E-state index is -0.943. The van der Waals surface area contributed by atoms with Crippen LogP contribution in [0, 0.1) is 11.6 Å². The van der Waals surface area contributed by atoms with Gasteiger partial charge in [-0.15, -0.1) is 0 Å². The van der Waals surface area contributed by atoms with Crippen LogP contribution in [0.2, 0.25) is 5.02 Å². The number of rotatable bonds is 5. The van der Waals surface area contributed by atoms with Gasteiger partial charge in [0.05, 0.1) is 31.2 Å². The molecule has 7 nitrogen and oxygen atoms in total. The van der Waals surface area contributed by atoms with E-state index in [2.05, 4.69) is 4.98 Å². The molecule has 33 heavy (non-hydrogen) atoms. The maximum Gasteiger partial charge on any atom is 0.337 e. The second-order valence-electron chi connectivity index (χ2n) is 7.90. The Morgan fingerprint density at radius 1 is 1.15 bits per heavy atom. The zero-order valence-corrected chi connectivity index (χ0v) is 18.1. The molecule has 2 aromatic carbocycles. The Bertz CT molecular complexity index is 1470. The molecule has 0 unspecified atom stereocenters. The molecule has 170 valence electrons. The molecule has 2 aromatic heterocycles. The van der Waals surface area contributed by atoms with Crippen molar-refractivity contribution in [3.05, 3.63) is 91.9 Å². The third kappa shape index (κ3) is 3.87. The number of ether oxygens (including phenoxy) is 1. The first-order valence-electron chi connectivity index (χ1n) is 10.4. The van der Waals surface area contributed by atoms with E-state index in [1.165, 1.54) is 6.33 Å². The van der Waals surface area contributed by atoms with Crippen molar-refractivity contribution in [2.24, 2.45) is 0 Å². The molecule has 0 amide bonds. The van der Waals surface area contributed by atoms with Crippen LogP contribution < -0.4 is 11.2 Å². The second kappa shape index (κ2) is 8.57. The lowest BCUT2D eigenvalue weighted by molar-refractivity contribution is 0.0950. The van der Waals surface area contributed by atoms with Crippen LogP contribution in [0.3, 0.4) is 0 Å². The summed E-state index contributed by atoms with van der Waals surface area (Å²) in [6.07, 6.45) is 2.63. The van der Waals surface area contributed by atoms with E-state index >= 15 is 0 Å². The Labute approximate surface area is 191 Å². The average molecular weight is 473 g/mol. The molecule has 4 aromatic rings. The van der Waals surface area contributed by atoms with Crippen molar-refractivity contribution in [1.29, 1.82) is 0 Å². The fourth-order valence-electron chi connectivity index (χ4n) is 4.14. The molecule has 10 heteroatoms. The first-order chi connectivity index (χ1) is 15.9. The zero-order valence-electron chi connectivity index (χ0n) is 17.4. The van der Waals surface area contributed by atoms with Crippen LogP contribution in [0.25, 0.3) is 16.9 Å². The van der Waals surface area contributed by atoms with Gasteiger partial charge in [-0.3, -0.25) is 9.36 Å². The fraction of sp³-hybridized carbons (Fsp3) is 0.261. The average Bonchev–Trinajstić information content (AvgIpc) is 3.44. The maximum atomic E-state index is 14.7. The molecule has 5 rings (SSSR count). The summed E-state index contributed by atoms with van der Waals surface area (Å²) in [5.41, 5.74) is -0.697. The SMILES string of the molecule is O=c1c2c(ncn2Cc2ccccc2Cl)n(-c2ccc(F)cc2F)c(=O)n1C[C@H]1CCCO1. The summed E-state index contributed by atoms with van der Waals surface area (Å²) in [6, 6.07) is 10.0. The summed E-state index contributed by atoms with van der Waals surface area (Å²) in [4.78, 5) is 31.1. The van der Waals surface area contributed by atoms with Gasteiger partial charge >= 0.3 is 5.69 Å². The van der Waals surface area contributed by atoms with Gasteiger partial charge in [-0.05, 0) is 36.6 Å². The maximum absolute atomic E-state index is 14.7. The van der Waals surface area contributed by atoms with Crippen molar-refractivity contribution in [2.75, 3.05) is 6.61 Å². The standard InChI is InChI=1S/C23H19ClF2N4O3/c24-17-6-2-1-4-14(17)11-28-13-27-21-20(28)22(31)29(12-16-5-3-9-33-16)23(32)30(21)19-8-7-15(25)10-18(19)26/h1-2,4,6-8,10,13,16H,3,5,9,11-12H2/t16-/m1/s1. The molecule has 1 aliphatic heterocycles. The summed E-state index contributed by atoms with van der Waals surface area (Å²) >= 11 is 6.29. The monoisotopic (exact) mass is 472 g/mol. The Kier molecular flexibility index (Phi) is 5.59. The van der Waals surface area contributed by atoms with Gasteiger partial charge in [0, 0.05) is 17.7 Å². The first-order valence-corrected chi connectivity index (χ1v) is 10.8. The van der Waals surface area contributed by atoms with Crippen molar-refractivity contribution in [3.8, 4) is 5.69 Å². The van der Waals surface area contributed by atoms with E-state index < -0.39 is 22.9 Å². The molecular formula is C23H19ClF2N4O3. The van der Waals surface area contributed by atoms with Gasteiger partial charge in [0.2, 0.25) is 0 Å². The van der Waals surface area contributed by atoms with Crippen molar-refractivity contribution in [2.45, 2.75) is 32.0 Å². The Morgan fingerprint density at radius 3 is 2.70 bits per heavy atom. The summed E-state index contributed by atoms with van der Waals surface area (Å²) in [5.74, 6) is -1.72. The number of hydrogen-bond donors (Lipinski definition) is 0.